The molecule has 0 saturated heterocycles. The minimum absolute atomic E-state index is 0.949. The lowest BCUT2D eigenvalue weighted by molar-refractivity contribution is -2.00. The molecule has 8 nitrogen and oxygen atoms in total. The quantitative estimate of drug-likeness (QED) is 0.411. The van der Waals surface area contributed by atoms with Gasteiger partial charge in [-0.1, -0.05) is 18.2 Å². The fraction of sp³-hybridized carbons (Fsp3) is 0.296. The molecule has 1 heterocycles. The monoisotopic (exact) mass is 542 g/mol. The molecule has 37 heavy (non-hydrogen) atoms. The van der Waals surface area contributed by atoms with Crippen LogP contribution in [0.4, 0.5) is 5.69 Å². The Morgan fingerprint density at radius 3 is 1.86 bits per heavy atom. The third-order valence-corrected chi connectivity index (χ3v) is 6.67. The summed E-state index contributed by atoms with van der Waals surface area (Å²) in [4.78, 5) is 2.37. The van der Waals surface area contributed by atoms with Crippen molar-refractivity contribution in [1.29, 1.82) is 0 Å². The molecule has 0 saturated carbocycles. The fourth-order valence-electron chi connectivity index (χ4n) is 4.29. The molecule has 3 aromatic rings. The number of halogens is 1. The Bertz CT molecular complexity index is 1290. The SMILES string of the molecule is CCN(CC)c1ccc(C(=C2C=CC(=[N+](CC)CC)C=C2)c2ccc3nsnc3c2)cc1.[O-][Cl+3]([O-])([O-])[O-]. The van der Waals surface area contributed by atoms with Gasteiger partial charge in [0, 0.05) is 30.9 Å². The van der Waals surface area contributed by atoms with Gasteiger partial charge in [0.25, 0.3) is 0 Å². The van der Waals surface area contributed by atoms with E-state index in [1.54, 1.807) is 0 Å². The summed E-state index contributed by atoms with van der Waals surface area (Å²) in [6.07, 6.45) is 8.95. The Morgan fingerprint density at radius 2 is 1.32 bits per heavy atom. The van der Waals surface area contributed by atoms with Gasteiger partial charge >= 0.3 is 0 Å². The average Bonchev–Trinajstić information content (AvgIpc) is 3.35. The molecule has 10 heteroatoms. The van der Waals surface area contributed by atoms with E-state index in [4.69, 9.17) is 18.6 Å². The highest BCUT2D eigenvalue weighted by molar-refractivity contribution is 7.00. The maximum Gasteiger partial charge on any atom is 0.199 e. The number of hydrogen-bond acceptors (Lipinski definition) is 8. The summed E-state index contributed by atoms with van der Waals surface area (Å²) < 4.78 is 45.2. The number of allylic oxidation sites excluding steroid dienone is 5. The molecule has 0 bridgehead atoms. The number of fused-ring (bicyclic) bond motifs is 1. The molecule has 0 atom stereocenters. The number of hydrogen-bond donors (Lipinski definition) is 0. The highest BCUT2D eigenvalue weighted by Crippen LogP contribution is 2.32. The summed E-state index contributed by atoms with van der Waals surface area (Å²) in [6.45, 7) is 12.8. The van der Waals surface area contributed by atoms with E-state index >= 15 is 0 Å². The largest absolute Gasteiger partial charge is 0.372 e. The summed E-state index contributed by atoms with van der Waals surface area (Å²) in [5.74, 6) is 0. The molecule has 0 radical (unpaired) electrons. The first-order chi connectivity index (χ1) is 17.7. The molecule has 196 valence electrons. The molecule has 1 aliphatic carbocycles. The fourth-order valence-corrected chi connectivity index (χ4v) is 4.81. The zero-order chi connectivity index (χ0) is 27.0. The van der Waals surface area contributed by atoms with Gasteiger partial charge in [-0.3, -0.25) is 0 Å². The van der Waals surface area contributed by atoms with E-state index in [9.17, 15) is 0 Å². The summed E-state index contributed by atoms with van der Waals surface area (Å²) in [7, 11) is -4.94. The standard InChI is InChI=1S/C27H31N4S.ClHO4/c1-5-30(6-2)23-14-9-20(10-15-23)27(22-13-18-25-26(19-22)29-32-28-25)21-11-16-24(17-12-21)31(7-3)8-4;2-1(3,4)5/h9-19H,5-8H2,1-4H3;(H,2,3,4,5)/q+1;/p-1. The van der Waals surface area contributed by atoms with Gasteiger partial charge in [0.05, 0.1) is 11.7 Å². The molecular formula is C27H31ClN4O4S. The third kappa shape index (κ3) is 7.78. The van der Waals surface area contributed by atoms with Crippen LogP contribution in [0.1, 0.15) is 38.8 Å². The second-order valence-electron chi connectivity index (χ2n) is 8.16. The first-order valence-corrected chi connectivity index (χ1v) is 14.1. The zero-order valence-electron chi connectivity index (χ0n) is 21.4. The highest BCUT2D eigenvalue weighted by Gasteiger charge is 2.15. The Hall–Kier alpha value is -2.92. The minimum atomic E-state index is -4.94. The predicted molar refractivity (Wildman–Crippen MR) is 138 cm³/mol. The molecular weight excluding hydrogens is 512 g/mol. The van der Waals surface area contributed by atoms with Gasteiger partial charge in [-0.2, -0.15) is 8.75 Å². The summed E-state index contributed by atoms with van der Waals surface area (Å²) in [6, 6.07) is 15.3. The maximum absolute atomic E-state index is 8.49. The van der Waals surface area contributed by atoms with Crippen molar-refractivity contribution in [3.05, 3.63) is 83.5 Å². The van der Waals surface area contributed by atoms with Crippen LogP contribution in [0.5, 0.6) is 0 Å². The topological polar surface area (TPSA) is 124 Å². The van der Waals surface area contributed by atoms with Crippen LogP contribution in [-0.2, 0) is 0 Å². The van der Waals surface area contributed by atoms with Crippen molar-refractivity contribution in [2.45, 2.75) is 27.7 Å². The molecule has 2 aromatic carbocycles. The summed E-state index contributed by atoms with van der Waals surface area (Å²) >= 11 is 1.26. The van der Waals surface area contributed by atoms with Crippen molar-refractivity contribution in [3.63, 3.8) is 0 Å². The highest BCUT2D eigenvalue weighted by atomic mass is 35.7. The van der Waals surface area contributed by atoms with E-state index in [1.165, 1.54) is 39.8 Å². The van der Waals surface area contributed by atoms with Crippen molar-refractivity contribution in [2.24, 2.45) is 0 Å². The van der Waals surface area contributed by atoms with Crippen molar-refractivity contribution in [2.75, 3.05) is 31.1 Å². The molecule has 0 spiro atoms. The van der Waals surface area contributed by atoms with Gasteiger partial charge in [-0.05, 0) is 86.4 Å². The van der Waals surface area contributed by atoms with Crippen LogP contribution in [-0.4, -0.2) is 45.2 Å². The van der Waals surface area contributed by atoms with Crippen LogP contribution >= 0.6 is 11.7 Å². The Morgan fingerprint density at radius 1 is 0.784 bits per heavy atom. The van der Waals surface area contributed by atoms with E-state index < -0.39 is 10.2 Å². The Balaban J connectivity index is 0.000000695. The molecule has 0 N–H and O–H groups in total. The molecule has 0 fully saturated rings. The lowest BCUT2D eigenvalue weighted by atomic mass is 9.90. The predicted octanol–water partition coefficient (Wildman–Crippen LogP) is 1.20. The van der Waals surface area contributed by atoms with Crippen LogP contribution in [0.25, 0.3) is 16.6 Å². The van der Waals surface area contributed by atoms with Gasteiger partial charge in [0.1, 0.15) is 24.1 Å². The van der Waals surface area contributed by atoms with Gasteiger partial charge in [-0.15, -0.1) is 10.2 Å². The minimum Gasteiger partial charge on any atom is -0.372 e. The van der Waals surface area contributed by atoms with E-state index in [1.807, 2.05) is 0 Å². The lowest BCUT2D eigenvalue weighted by Gasteiger charge is -2.22. The first-order valence-electron chi connectivity index (χ1n) is 12.1. The maximum atomic E-state index is 8.49. The van der Waals surface area contributed by atoms with Gasteiger partial charge in [-0.25, -0.2) is 23.2 Å². The third-order valence-electron chi connectivity index (χ3n) is 6.11. The van der Waals surface area contributed by atoms with Crippen molar-refractivity contribution < 1.29 is 33.5 Å². The molecule has 0 aliphatic heterocycles. The number of aromatic nitrogens is 2. The van der Waals surface area contributed by atoms with E-state index in [2.05, 4.69) is 113 Å². The molecule has 1 aliphatic rings. The number of rotatable bonds is 7. The van der Waals surface area contributed by atoms with Crippen LogP contribution in [0.15, 0.2) is 72.3 Å². The second kappa shape index (κ2) is 13.0. The smallest absolute Gasteiger partial charge is 0.199 e. The molecule has 1 aromatic heterocycles. The van der Waals surface area contributed by atoms with Crippen molar-refractivity contribution in [3.8, 4) is 0 Å². The summed E-state index contributed by atoms with van der Waals surface area (Å²) in [5, 5.41) is 0. The van der Waals surface area contributed by atoms with E-state index in [-0.39, 0.29) is 0 Å². The van der Waals surface area contributed by atoms with Crippen LogP contribution < -0.4 is 23.5 Å². The first kappa shape index (κ1) is 28.6. The van der Waals surface area contributed by atoms with Crippen LogP contribution in [0, 0.1) is 10.2 Å². The molecule has 0 unspecified atom stereocenters. The number of anilines is 1. The lowest BCUT2D eigenvalue weighted by Crippen LogP contribution is -2.68. The van der Waals surface area contributed by atoms with Crippen molar-refractivity contribution >= 4 is 39.7 Å². The Labute approximate surface area is 223 Å². The molecule has 4 rings (SSSR count). The van der Waals surface area contributed by atoms with E-state index in [0.29, 0.717) is 0 Å². The zero-order valence-corrected chi connectivity index (χ0v) is 23.0. The second-order valence-corrected chi connectivity index (χ2v) is 9.44. The van der Waals surface area contributed by atoms with Crippen molar-refractivity contribution in [1.82, 2.24) is 8.75 Å². The average molecular weight is 543 g/mol. The number of benzene rings is 2. The van der Waals surface area contributed by atoms with Gasteiger partial charge in [0.15, 0.2) is 5.71 Å². The summed E-state index contributed by atoms with van der Waals surface area (Å²) in [5.41, 5.74) is 9.21. The van der Waals surface area contributed by atoms with Gasteiger partial charge < -0.3 is 4.90 Å². The van der Waals surface area contributed by atoms with Gasteiger partial charge in [0.2, 0.25) is 0 Å². The van der Waals surface area contributed by atoms with Crippen LogP contribution in [0.2, 0.25) is 0 Å². The number of nitrogens with zero attached hydrogens (tertiary/aromatic N) is 4. The normalized spacial score (nSPS) is 13.0. The van der Waals surface area contributed by atoms with E-state index in [0.717, 1.165) is 42.8 Å². The Kier molecular flexibility index (Phi) is 10.1. The molecule has 0 amide bonds. The van der Waals surface area contributed by atoms with Crippen LogP contribution in [0.3, 0.4) is 0 Å².